The minimum Gasteiger partial charge on any atom is -0.367 e. The van der Waals surface area contributed by atoms with Crippen LogP contribution in [-0.2, 0) is 10.0 Å². The number of nitrogens with zero attached hydrogens (tertiary/aromatic N) is 2. The Balaban J connectivity index is 1.89. The Morgan fingerprint density at radius 2 is 1.82 bits per heavy atom. The fraction of sp³-hybridized carbons (Fsp3) is 0.231. The molecular formula is C13H14Cl2N4O2S. The summed E-state index contributed by atoms with van der Waals surface area (Å²) >= 11 is 11.6. The third-order valence-corrected chi connectivity index (χ3v) is 4.92. The molecule has 2 rings (SSSR count). The zero-order valence-electron chi connectivity index (χ0n) is 11.7. The Morgan fingerprint density at radius 3 is 2.45 bits per heavy atom. The van der Waals surface area contributed by atoms with E-state index in [1.165, 1.54) is 18.2 Å². The topological polar surface area (TPSA) is 84.0 Å². The van der Waals surface area contributed by atoms with Gasteiger partial charge in [-0.05, 0) is 37.3 Å². The summed E-state index contributed by atoms with van der Waals surface area (Å²) in [4.78, 5) is 0.0667. The van der Waals surface area contributed by atoms with Gasteiger partial charge in [-0.25, -0.2) is 13.1 Å². The van der Waals surface area contributed by atoms with Gasteiger partial charge in [0.25, 0.3) is 0 Å². The summed E-state index contributed by atoms with van der Waals surface area (Å²) in [5, 5.41) is 11.3. The molecule has 0 spiro atoms. The predicted octanol–water partition coefficient (Wildman–Crippen LogP) is 2.48. The maximum atomic E-state index is 12.1. The van der Waals surface area contributed by atoms with Crippen molar-refractivity contribution in [1.82, 2.24) is 14.9 Å². The number of aromatic nitrogens is 2. The number of hydrogen-bond donors (Lipinski definition) is 2. The van der Waals surface area contributed by atoms with Gasteiger partial charge in [-0.2, -0.15) is 5.10 Å². The molecule has 0 bridgehead atoms. The second kappa shape index (κ2) is 7.23. The number of benzene rings is 1. The van der Waals surface area contributed by atoms with Crippen LogP contribution in [0.3, 0.4) is 0 Å². The number of sulfonamides is 1. The third-order valence-electron chi connectivity index (χ3n) is 2.72. The second-order valence-corrected chi connectivity index (χ2v) is 7.04. The molecule has 0 amide bonds. The van der Waals surface area contributed by atoms with Crippen molar-refractivity contribution in [2.75, 3.05) is 18.4 Å². The van der Waals surface area contributed by atoms with E-state index >= 15 is 0 Å². The van der Waals surface area contributed by atoms with Crippen LogP contribution in [0.1, 0.15) is 5.69 Å². The van der Waals surface area contributed by atoms with E-state index in [1.54, 1.807) is 6.07 Å². The van der Waals surface area contributed by atoms with Gasteiger partial charge in [0.2, 0.25) is 10.0 Å². The van der Waals surface area contributed by atoms with Crippen LogP contribution >= 0.6 is 23.2 Å². The van der Waals surface area contributed by atoms with Crippen molar-refractivity contribution >= 4 is 39.0 Å². The van der Waals surface area contributed by atoms with Crippen LogP contribution < -0.4 is 10.0 Å². The normalized spacial score (nSPS) is 11.4. The van der Waals surface area contributed by atoms with Crippen LogP contribution in [0.5, 0.6) is 0 Å². The Hall–Kier alpha value is -1.41. The number of rotatable bonds is 6. The molecule has 0 unspecified atom stereocenters. The first-order valence-electron chi connectivity index (χ1n) is 6.37. The monoisotopic (exact) mass is 360 g/mol. The van der Waals surface area contributed by atoms with Gasteiger partial charge in [0, 0.05) is 13.1 Å². The van der Waals surface area contributed by atoms with Crippen molar-refractivity contribution in [2.24, 2.45) is 0 Å². The summed E-state index contributed by atoms with van der Waals surface area (Å²) in [5.74, 6) is 0.583. The van der Waals surface area contributed by atoms with E-state index in [-0.39, 0.29) is 16.5 Å². The smallest absolute Gasteiger partial charge is 0.240 e. The van der Waals surface area contributed by atoms with E-state index in [2.05, 4.69) is 20.2 Å². The van der Waals surface area contributed by atoms with Crippen LogP contribution in [0.2, 0.25) is 10.0 Å². The average molecular weight is 361 g/mol. The highest BCUT2D eigenvalue weighted by molar-refractivity contribution is 7.89. The summed E-state index contributed by atoms with van der Waals surface area (Å²) in [6, 6.07) is 7.74. The van der Waals surface area contributed by atoms with Crippen LogP contribution in [0, 0.1) is 6.92 Å². The van der Waals surface area contributed by atoms with E-state index in [0.717, 1.165) is 5.69 Å². The Bertz CT molecular complexity index is 751. The highest BCUT2D eigenvalue weighted by Gasteiger charge is 2.14. The minimum absolute atomic E-state index is 0.0667. The molecule has 1 aromatic carbocycles. The van der Waals surface area contributed by atoms with Gasteiger partial charge in [-0.15, -0.1) is 5.10 Å². The van der Waals surface area contributed by atoms with E-state index in [4.69, 9.17) is 23.2 Å². The van der Waals surface area contributed by atoms with Gasteiger partial charge in [0.05, 0.1) is 20.6 Å². The van der Waals surface area contributed by atoms with Gasteiger partial charge in [-0.1, -0.05) is 23.2 Å². The van der Waals surface area contributed by atoms with Gasteiger partial charge < -0.3 is 5.32 Å². The zero-order valence-corrected chi connectivity index (χ0v) is 14.0. The van der Waals surface area contributed by atoms with Gasteiger partial charge in [0.15, 0.2) is 0 Å². The van der Waals surface area contributed by atoms with E-state index < -0.39 is 10.0 Å². The Morgan fingerprint density at radius 1 is 1.05 bits per heavy atom. The molecule has 0 aliphatic carbocycles. The molecule has 118 valence electrons. The Labute approximate surface area is 138 Å². The average Bonchev–Trinajstić information content (AvgIpc) is 2.48. The molecule has 2 aromatic rings. The molecule has 0 fully saturated rings. The predicted molar refractivity (Wildman–Crippen MR) is 86.9 cm³/mol. The van der Waals surface area contributed by atoms with Crippen LogP contribution in [-0.4, -0.2) is 31.7 Å². The zero-order chi connectivity index (χ0) is 16.2. The molecule has 9 heteroatoms. The lowest BCUT2D eigenvalue weighted by atomic mass is 10.4. The first-order chi connectivity index (χ1) is 10.4. The van der Waals surface area contributed by atoms with E-state index in [9.17, 15) is 8.42 Å². The molecule has 22 heavy (non-hydrogen) atoms. The minimum atomic E-state index is -3.63. The van der Waals surface area contributed by atoms with Gasteiger partial charge in [0.1, 0.15) is 5.82 Å². The molecule has 1 heterocycles. The van der Waals surface area contributed by atoms with Crippen LogP contribution in [0.25, 0.3) is 0 Å². The van der Waals surface area contributed by atoms with Crippen LogP contribution in [0.4, 0.5) is 5.82 Å². The fourth-order valence-corrected chi connectivity index (χ4v) is 3.02. The number of anilines is 1. The fourth-order valence-electron chi connectivity index (χ4n) is 1.60. The molecule has 0 saturated heterocycles. The lowest BCUT2D eigenvalue weighted by molar-refractivity contribution is 0.583. The van der Waals surface area contributed by atoms with E-state index in [1.807, 2.05) is 13.0 Å². The van der Waals surface area contributed by atoms with Crippen molar-refractivity contribution < 1.29 is 8.42 Å². The van der Waals surface area contributed by atoms with Gasteiger partial charge >= 0.3 is 0 Å². The summed E-state index contributed by atoms with van der Waals surface area (Å²) in [5.41, 5.74) is 0.811. The first kappa shape index (κ1) is 17.0. The molecule has 2 N–H and O–H groups in total. The lowest BCUT2D eigenvalue weighted by Gasteiger charge is -2.08. The SMILES string of the molecule is Cc1ccc(NCCNS(=O)(=O)c2ccc(Cl)c(Cl)c2)nn1. The van der Waals surface area contributed by atoms with Gasteiger partial charge in [-0.3, -0.25) is 0 Å². The summed E-state index contributed by atoms with van der Waals surface area (Å²) in [7, 11) is -3.63. The summed E-state index contributed by atoms with van der Waals surface area (Å²) in [6.07, 6.45) is 0. The largest absolute Gasteiger partial charge is 0.367 e. The lowest BCUT2D eigenvalue weighted by Crippen LogP contribution is -2.29. The number of nitrogens with one attached hydrogen (secondary N) is 2. The third kappa shape index (κ3) is 4.54. The summed E-state index contributed by atoms with van der Waals surface area (Å²) < 4.78 is 26.6. The highest BCUT2D eigenvalue weighted by atomic mass is 35.5. The van der Waals surface area contributed by atoms with Crippen molar-refractivity contribution in [3.8, 4) is 0 Å². The Kier molecular flexibility index (Phi) is 5.57. The summed E-state index contributed by atoms with van der Waals surface area (Å²) in [6.45, 7) is 2.40. The van der Waals surface area contributed by atoms with Crippen molar-refractivity contribution in [3.05, 3.63) is 46.1 Å². The standard InChI is InChI=1S/C13H14Cl2N4O2S/c1-9-2-5-13(19-18-9)16-6-7-17-22(20,21)10-3-4-11(14)12(15)8-10/h2-5,8,17H,6-7H2,1H3,(H,16,19). The van der Waals surface area contributed by atoms with E-state index in [0.29, 0.717) is 17.4 Å². The maximum absolute atomic E-state index is 12.1. The molecule has 0 aliphatic heterocycles. The number of hydrogen-bond acceptors (Lipinski definition) is 5. The number of halogens is 2. The first-order valence-corrected chi connectivity index (χ1v) is 8.61. The molecular weight excluding hydrogens is 347 g/mol. The van der Waals surface area contributed by atoms with Crippen molar-refractivity contribution in [1.29, 1.82) is 0 Å². The van der Waals surface area contributed by atoms with Crippen LogP contribution in [0.15, 0.2) is 35.2 Å². The molecule has 0 atom stereocenters. The highest BCUT2D eigenvalue weighted by Crippen LogP contribution is 2.24. The molecule has 0 aliphatic rings. The second-order valence-electron chi connectivity index (χ2n) is 4.46. The quantitative estimate of drug-likeness (QED) is 0.773. The maximum Gasteiger partial charge on any atom is 0.240 e. The van der Waals surface area contributed by atoms with Crippen molar-refractivity contribution in [2.45, 2.75) is 11.8 Å². The molecule has 0 radical (unpaired) electrons. The molecule has 0 saturated carbocycles. The van der Waals surface area contributed by atoms with Crippen molar-refractivity contribution in [3.63, 3.8) is 0 Å². The molecule has 1 aromatic heterocycles. The molecule has 6 nitrogen and oxygen atoms in total. The number of aryl methyl sites for hydroxylation is 1.